The number of carbonyl (C=O) groups is 2. The van der Waals surface area contributed by atoms with Crippen molar-refractivity contribution in [3.8, 4) is 0 Å². The van der Waals surface area contributed by atoms with Crippen molar-refractivity contribution in [2.45, 2.75) is 42.8 Å². The number of carboxylic acids is 2. The molecule has 0 fully saturated rings. The summed E-state index contributed by atoms with van der Waals surface area (Å²) in [6, 6.07) is 10.3. The SMILES string of the molecule is CC(Sc1c(Cl)ccc2c1CCNCC2)c1ccccn1.O=C(O)CCC(=O)O. The summed E-state index contributed by atoms with van der Waals surface area (Å²) in [6.45, 7) is 4.27. The number of hydrogen-bond donors (Lipinski definition) is 3. The first-order valence-electron chi connectivity index (χ1n) is 9.40. The van der Waals surface area contributed by atoms with Gasteiger partial charge in [-0.15, -0.1) is 11.8 Å². The highest BCUT2D eigenvalue weighted by Crippen LogP contribution is 2.41. The molecule has 0 bridgehead atoms. The molecule has 2 heterocycles. The number of hydrogen-bond acceptors (Lipinski definition) is 5. The normalized spacial score (nSPS) is 14.0. The lowest BCUT2D eigenvalue weighted by atomic mass is 10.0. The molecule has 2 aromatic rings. The van der Waals surface area contributed by atoms with E-state index in [0.29, 0.717) is 5.25 Å². The Morgan fingerprint density at radius 1 is 1.14 bits per heavy atom. The summed E-state index contributed by atoms with van der Waals surface area (Å²) in [6.07, 6.45) is 3.39. The van der Waals surface area contributed by atoms with E-state index in [9.17, 15) is 9.59 Å². The second-order valence-corrected chi connectivity index (χ2v) is 8.32. The summed E-state index contributed by atoms with van der Waals surface area (Å²) in [5.74, 6) is -2.15. The van der Waals surface area contributed by atoms with E-state index in [1.54, 1.807) is 0 Å². The standard InChI is InChI=1S/C17H19ClN2S.C4H6O4/c1-12(16-4-2-3-9-20-16)21-17-14-8-11-19-10-7-13(14)5-6-15(17)18;5-3(6)1-2-4(7)8/h2-6,9,12,19H,7-8,10-11H2,1H3;1-2H2,(H,5,6)(H,7,8). The average molecular weight is 437 g/mol. The van der Waals surface area contributed by atoms with Crippen LogP contribution in [0.3, 0.4) is 0 Å². The first-order valence-corrected chi connectivity index (χ1v) is 10.7. The number of aliphatic carboxylic acids is 2. The van der Waals surface area contributed by atoms with Gasteiger partial charge >= 0.3 is 11.9 Å². The van der Waals surface area contributed by atoms with E-state index in [4.69, 9.17) is 21.8 Å². The Morgan fingerprint density at radius 2 is 1.83 bits per heavy atom. The summed E-state index contributed by atoms with van der Waals surface area (Å²) >= 11 is 8.31. The van der Waals surface area contributed by atoms with E-state index < -0.39 is 11.9 Å². The predicted octanol–water partition coefficient (Wildman–Crippen LogP) is 4.21. The highest BCUT2D eigenvalue weighted by Gasteiger charge is 2.18. The van der Waals surface area contributed by atoms with Gasteiger partial charge in [-0.1, -0.05) is 23.7 Å². The lowest BCUT2D eigenvalue weighted by Crippen LogP contribution is -2.16. The summed E-state index contributed by atoms with van der Waals surface area (Å²) in [4.78, 5) is 25.0. The molecule has 1 unspecified atom stereocenters. The Bertz CT molecular complexity index is 819. The molecule has 0 amide bonds. The second-order valence-electron chi connectivity index (χ2n) is 6.57. The van der Waals surface area contributed by atoms with Gasteiger partial charge in [0.2, 0.25) is 0 Å². The molecule has 3 N–H and O–H groups in total. The Labute approximate surface area is 179 Å². The monoisotopic (exact) mass is 436 g/mol. The zero-order chi connectivity index (χ0) is 21.2. The Morgan fingerprint density at radius 3 is 2.45 bits per heavy atom. The summed E-state index contributed by atoms with van der Waals surface area (Å²) in [7, 11) is 0. The smallest absolute Gasteiger partial charge is 0.303 e. The van der Waals surface area contributed by atoms with Gasteiger partial charge in [0.1, 0.15) is 0 Å². The van der Waals surface area contributed by atoms with Crippen LogP contribution in [0.5, 0.6) is 0 Å². The van der Waals surface area contributed by atoms with Gasteiger partial charge < -0.3 is 15.5 Å². The number of benzene rings is 1. The molecule has 1 atom stereocenters. The highest BCUT2D eigenvalue weighted by molar-refractivity contribution is 7.99. The largest absolute Gasteiger partial charge is 0.481 e. The maximum absolute atomic E-state index is 9.64. The lowest BCUT2D eigenvalue weighted by Gasteiger charge is -2.17. The predicted molar refractivity (Wildman–Crippen MR) is 115 cm³/mol. The summed E-state index contributed by atoms with van der Waals surface area (Å²) in [5.41, 5.74) is 3.95. The van der Waals surface area contributed by atoms with Crippen LogP contribution in [0, 0.1) is 0 Å². The van der Waals surface area contributed by atoms with E-state index in [-0.39, 0.29) is 12.8 Å². The molecular formula is C21H25ClN2O4S. The molecule has 0 aliphatic carbocycles. The number of thioether (sulfide) groups is 1. The molecule has 156 valence electrons. The fourth-order valence-corrected chi connectivity index (χ4v) is 4.39. The Hall–Kier alpha value is -2.09. The van der Waals surface area contributed by atoms with E-state index in [1.165, 1.54) is 16.0 Å². The fourth-order valence-electron chi connectivity index (χ4n) is 2.90. The summed E-state index contributed by atoms with van der Waals surface area (Å²) < 4.78 is 0. The van der Waals surface area contributed by atoms with Crippen LogP contribution in [0.1, 0.15) is 41.8 Å². The molecule has 0 saturated carbocycles. The quantitative estimate of drug-likeness (QED) is 0.583. The van der Waals surface area contributed by atoms with Crippen molar-refractivity contribution in [3.63, 3.8) is 0 Å². The Balaban J connectivity index is 0.000000321. The van der Waals surface area contributed by atoms with Crippen molar-refractivity contribution >= 4 is 35.3 Å². The fraction of sp³-hybridized carbons (Fsp3) is 0.381. The van der Waals surface area contributed by atoms with E-state index in [2.05, 4.69) is 29.4 Å². The molecule has 0 radical (unpaired) electrons. The minimum absolute atomic E-state index is 0.296. The maximum atomic E-state index is 9.64. The van der Waals surface area contributed by atoms with Crippen molar-refractivity contribution < 1.29 is 19.8 Å². The zero-order valence-corrected chi connectivity index (χ0v) is 17.8. The third-order valence-corrected chi connectivity index (χ3v) is 6.11. The number of aromatic nitrogens is 1. The minimum atomic E-state index is -1.08. The lowest BCUT2D eigenvalue weighted by molar-refractivity contribution is -0.143. The van der Waals surface area contributed by atoms with Crippen LogP contribution in [0.2, 0.25) is 5.02 Å². The molecule has 1 aromatic carbocycles. The van der Waals surface area contributed by atoms with Crippen molar-refractivity contribution in [1.29, 1.82) is 0 Å². The van der Waals surface area contributed by atoms with Gasteiger partial charge in [-0.3, -0.25) is 14.6 Å². The maximum Gasteiger partial charge on any atom is 0.303 e. The van der Waals surface area contributed by atoms with Crippen LogP contribution >= 0.6 is 23.4 Å². The van der Waals surface area contributed by atoms with Gasteiger partial charge in [0.15, 0.2) is 0 Å². The molecule has 1 aliphatic heterocycles. The molecule has 3 rings (SSSR count). The van der Waals surface area contributed by atoms with Crippen molar-refractivity contribution in [1.82, 2.24) is 10.3 Å². The Kier molecular flexibility index (Phi) is 9.44. The van der Waals surface area contributed by atoms with Crippen LogP contribution in [0.25, 0.3) is 0 Å². The number of nitrogens with zero attached hydrogens (tertiary/aromatic N) is 1. The van der Waals surface area contributed by atoms with Crippen molar-refractivity contribution in [3.05, 3.63) is 58.4 Å². The molecule has 0 saturated heterocycles. The van der Waals surface area contributed by atoms with Crippen molar-refractivity contribution in [2.75, 3.05) is 13.1 Å². The molecule has 29 heavy (non-hydrogen) atoms. The van der Waals surface area contributed by atoms with E-state index in [1.807, 2.05) is 36.2 Å². The number of carboxylic acid groups (broad SMARTS) is 2. The third kappa shape index (κ3) is 7.68. The number of pyridine rings is 1. The highest BCUT2D eigenvalue weighted by atomic mass is 35.5. The number of halogens is 1. The molecule has 6 nitrogen and oxygen atoms in total. The van der Waals surface area contributed by atoms with Gasteiger partial charge in [0.05, 0.1) is 23.6 Å². The first-order chi connectivity index (χ1) is 13.9. The van der Waals surface area contributed by atoms with Gasteiger partial charge in [0.25, 0.3) is 0 Å². The van der Waals surface area contributed by atoms with Gasteiger partial charge in [-0.2, -0.15) is 0 Å². The molecule has 1 aliphatic rings. The summed E-state index contributed by atoms with van der Waals surface area (Å²) in [5, 5.41) is 20.4. The number of fused-ring (bicyclic) bond motifs is 1. The molecule has 8 heteroatoms. The van der Waals surface area contributed by atoms with Gasteiger partial charge in [-0.05, 0) is 62.2 Å². The molecule has 1 aromatic heterocycles. The van der Waals surface area contributed by atoms with Gasteiger partial charge in [-0.25, -0.2) is 0 Å². The van der Waals surface area contributed by atoms with Crippen LogP contribution in [0.4, 0.5) is 0 Å². The zero-order valence-electron chi connectivity index (χ0n) is 16.2. The minimum Gasteiger partial charge on any atom is -0.481 e. The topological polar surface area (TPSA) is 99.5 Å². The van der Waals surface area contributed by atoms with Gasteiger partial charge in [0, 0.05) is 16.3 Å². The molecule has 0 spiro atoms. The van der Waals surface area contributed by atoms with E-state index in [0.717, 1.165) is 36.6 Å². The first kappa shape index (κ1) is 23.2. The third-order valence-electron chi connectivity index (χ3n) is 4.38. The van der Waals surface area contributed by atoms with Crippen LogP contribution in [-0.4, -0.2) is 40.2 Å². The van der Waals surface area contributed by atoms with Crippen molar-refractivity contribution in [2.24, 2.45) is 0 Å². The number of nitrogens with one attached hydrogen (secondary N) is 1. The average Bonchev–Trinajstić information content (AvgIpc) is 2.95. The molecular weight excluding hydrogens is 412 g/mol. The van der Waals surface area contributed by atoms with Crippen LogP contribution in [0.15, 0.2) is 41.4 Å². The van der Waals surface area contributed by atoms with Crippen LogP contribution in [-0.2, 0) is 22.4 Å². The number of rotatable bonds is 6. The van der Waals surface area contributed by atoms with Crippen LogP contribution < -0.4 is 5.32 Å². The second kappa shape index (κ2) is 11.8. The van der Waals surface area contributed by atoms with E-state index >= 15 is 0 Å².